The molecule has 1 heterocycles. The van der Waals surface area contributed by atoms with Gasteiger partial charge < -0.3 is 9.47 Å². The predicted octanol–water partition coefficient (Wildman–Crippen LogP) is 3.38. The Bertz CT molecular complexity index is 312. The first kappa shape index (κ1) is 13.6. The van der Waals surface area contributed by atoms with Crippen molar-refractivity contribution in [2.75, 3.05) is 13.2 Å². The molecule has 0 spiro atoms. The maximum atomic E-state index is 12.7. The molecule has 1 aliphatic heterocycles. The summed E-state index contributed by atoms with van der Waals surface area (Å²) in [5.74, 6) is 0.641. The quantitative estimate of drug-likeness (QED) is 0.719. The molecule has 1 aliphatic carbocycles. The third-order valence-corrected chi connectivity index (χ3v) is 3.91. The summed E-state index contributed by atoms with van der Waals surface area (Å²) in [6.45, 7) is 3.23. The van der Waals surface area contributed by atoms with E-state index in [1.807, 2.05) is 13.0 Å². The van der Waals surface area contributed by atoms with Gasteiger partial charge in [-0.2, -0.15) is 0 Å². The van der Waals surface area contributed by atoms with Crippen molar-refractivity contribution in [1.82, 2.24) is 0 Å². The fourth-order valence-corrected chi connectivity index (χ4v) is 2.95. The van der Waals surface area contributed by atoms with Gasteiger partial charge in [-0.1, -0.05) is 25.7 Å². The predicted molar refractivity (Wildman–Crippen MR) is 70.3 cm³/mol. The van der Waals surface area contributed by atoms with Crippen LogP contribution in [0.2, 0.25) is 0 Å². The largest absolute Gasteiger partial charge is 0.490 e. The van der Waals surface area contributed by atoms with Gasteiger partial charge in [0.2, 0.25) is 5.78 Å². The Labute approximate surface area is 110 Å². The van der Waals surface area contributed by atoms with Gasteiger partial charge >= 0.3 is 0 Å². The van der Waals surface area contributed by atoms with Gasteiger partial charge in [-0.15, -0.1) is 0 Å². The highest BCUT2D eigenvalue weighted by molar-refractivity contribution is 6.00. The highest BCUT2D eigenvalue weighted by Crippen LogP contribution is 2.34. The maximum absolute atomic E-state index is 12.7. The van der Waals surface area contributed by atoms with E-state index in [9.17, 15) is 4.79 Å². The first-order valence-electron chi connectivity index (χ1n) is 7.30. The second-order valence-corrected chi connectivity index (χ2v) is 5.23. The molecule has 18 heavy (non-hydrogen) atoms. The number of hydrogen-bond donors (Lipinski definition) is 0. The third kappa shape index (κ3) is 2.94. The van der Waals surface area contributed by atoms with Crippen LogP contribution in [-0.4, -0.2) is 24.6 Å². The minimum atomic E-state index is -0.603. The fraction of sp³-hybridized carbons (Fsp3) is 0.800. The summed E-state index contributed by atoms with van der Waals surface area (Å²) >= 11 is 0. The molecule has 0 bridgehead atoms. The number of allylic oxidation sites excluding steroid dienone is 1. The van der Waals surface area contributed by atoms with Crippen molar-refractivity contribution in [1.29, 1.82) is 0 Å². The molecule has 0 saturated heterocycles. The maximum Gasteiger partial charge on any atom is 0.228 e. The van der Waals surface area contributed by atoms with Gasteiger partial charge in [-0.3, -0.25) is 4.79 Å². The topological polar surface area (TPSA) is 35.5 Å². The second kappa shape index (κ2) is 6.37. The first-order valence-corrected chi connectivity index (χ1v) is 7.30. The molecule has 2 rings (SSSR count). The lowest BCUT2D eigenvalue weighted by atomic mass is 9.87. The number of ketones is 1. The van der Waals surface area contributed by atoms with Gasteiger partial charge in [0.15, 0.2) is 5.76 Å². The van der Waals surface area contributed by atoms with Crippen LogP contribution < -0.4 is 0 Å². The molecule has 3 heteroatoms. The lowest BCUT2D eigenvalue weighted by Gasteiger charge is -2.32. The Kier molecular flexibility index (Phi) is 4.81. The molecule has 3 nitrogen and oxygen atoms in total. The zero-order chi connectivity index (χ0) is 12.8. The lowest BCUT2D eigenvalue weighted by molar-refractivity contribution is -0.146. The van der Waals surface area contributed by atoms with Gasteiger partial charge in [0.1, 0.15) is 5.60 Å². The van der Waals surface area contributed by atoms with E-state index in [1.165, 1.54) is 12.8 Å². The van der Waals surface area contributed by atoms with Crippen LogP contribution in [0.25, 0.3) is 0 Å². The van der Waals surface area contributed by atoms with Crippen molar-refractivity contribution in [3.63, 3.8) is 0 Å². The Hall–Kier alpha value is -0.830. The molecular weight excluding hydrogens is 228 g/mol. The summed E-state index contributed by atoms with van der Waals surface area (Å²) in [4.78, 5) is 12.7. The van der Waals surface area contributed by atoms with E-state index >= 15 is 0 Å². The van der Waals surface area contributed by atoms with Crippen molar-refractivity contribution in [2.24, 2.45) is 0 Å². The molecule has 0 aromatic carbocycles. The van der Waals surface area contributed by atoms with E-state index in [-0.39, 0.29) is 5.78 Å². The average Bonchev–Trinajstić information content (AvgIpc) is 2.66. The molecule has 0 N–H and O–H groups in total. The monoisotopic (exact) mass is 252 g/mol. The third-order valence-electron chi connectivity index (χ3n) is 3.91. The van der Waals surface area contributed by atoms with Crippen molar-refractivity contribution < 1.29 is 14.3 Å². The first-order chi connectivity index (χ1) is 8.78. The van der Waals surface area contributed by atoms with Crippen LogP contribution in [0.3, 0.4) is 0 Å². The van der Waals surface area contributed by atoms with E-state index in [0.717, 1.165) is 38.5 Å². The highest BCUT2D eigenvalue weighted by atomic mass is 16.5. The molecule has 0 radical (unpaired) electrons. The number of rotatable bonds is 4. The minimum Gasteiger partial charge on any atom is -0.490 e. The van der Waals surface area contributed by atoms with Crippen LogP contribution >= 0.6 is 0 Å². The molecule has 2 aliphatic rings. The summed E-state index contributed by atoms with van der Waals surface area (Å²) < 4.78 is 11.4. The van der Waals surface area contributed by atoms with Gasteiger partial charge in [0.25, 0.3) is 0 Å². The van der Waals surface area contributed by atoms with Crippen molar-refractivity contribution in [3.05, 3.63) is 11.8 Å². The van der Waals surface area contributed by atoms with Crippen LogP contribution in [0.5, 0.6) is 0 Å². The molecule has 0 amide bonds. The van der Waals surface area contributed by atoms with Crippen molar-refractivity contribution in [2.45, 2.75) is 63.9 Å². The minimum absolute atomic E-state index is 0.0888. The molecule has 0 atom stereocenters. The van der Waals surface area contributed by atoms with E-state index in [0.29, 0.717) is 19.0 Å². The standard InChI is InChI=1S/C15H24O3/c1-2-18-15(10-6-3-4-7-11-15)14(16)13-9-5-8-12-17-13/h9H,2-8,10-12H2,1H3. The molecule has 1 fully saturated rings. The Morgan fingerprint density at radius 3 is 2.56 bits per heavy atom. The van der Waals surface area contributed by atoms with Crippen LogP contribution in [0.4, 0.5) is 0 Å². The number of Topliss-reactive ketones (excluding diaryl/α,β-unsaturated/α-hetero) is 1. The van der Waals surface area contributed by atoms with E-state index in [1.54, 1.807) is 0 Å². The molecule has 0 aromatic rings. The normalized spacial score (nSPS) is 23.7. The number of carbonyl (C=O) groups excluding carboxylic acids is 1. The van der Waals surface area contributed by atoms with Crippen LogP contribution in [-0.2, 0) is 14.3 Å². The number of hydrogen-bond acceptors (Lipinski definition) is 3. The summed E-state index contributed by atoms with van der Waals surface area (Å²) in [6.07, 6.45) is 10.2. The summed E-state index contributed by atoms with van der Waals surface area (Å²) in [7, 11) is 0. The Morgan fingerprint density at radius 1 is 1.28 bits per heavy atom. The Balaban J connectivity index is 2.16. The van der Waals surface area contributed by atoms with E-state index in [4.69, 9.17) is 9.47 Å². The smallest absolute Gasteiger partial charge is 0.228 e. The molecular formula is C15H24O3. The number of carbonyl (C=O) groups is 1. The van der Waals surface area contributed by atoms with Crippen LogP contribution in [0.1, 0.15) is 58.3 Å². The Morgan fingerprint density at radius 2 is 2.00 bits per heavy atom. The van der Waals surface area contributed by atoms with Gasteiger partial charge in [0, 0.05) is 6.61 Å². The summed E-state index contributed by atoms with van der Waals surface area (Å²) in [5, 5.41) is 0. The van der Waals surface area contributed by atoms with Crippen molar-refractivity contribution in [3.8, 4) is 0 Å². The van der Waals surface area contributed by atoms with Crippen LogP contribution in [0.15, 0.2) is 11.8 Å². The zero-order valence-corrected chi connectivity index (χ0v) is 11.4. The fourth-order valence-electron chi connectivity index (χ4n) is 2.95. The molecule has 0 unspecified atom stereocenters. The molecule has 1 saturated carbocycles. The van der Waals surface area contributed by atoms with Crippen molar-refractivity contribution >= 4 is 5.78 Å². The molecule has 0 aromatic heterocycles. The average molecular weight is 252 g/mol. The lowest BCUT2D eigenvalue weighted by Crippen LogP contribution is -2.43. The van der Waals surface area contributed by atoms with E-state index in [2.05, 4.69) is 0 Å². The summed E-state index contributed by atoms with van der Waals surface area (Å²) in [6, 6.07) is 0. The second-order valence-electron chi connectivity index (χ2n) is 5.23. The van der Waals surface area contributed by atoms with Gasteiger partial charge in [-0.25, -0.2) is 0 Å². The summed E-state index contributed by atoms with van der Waals surface area (Å²) in [5.41, 5.74) is -0.603. The van der Waals surface area contributed by atoms with Crippen LogP contribution in [0, 0.1) is 0 Å². The van der Waals surface area contributed by atoms with Gasteiger partial charge in [0.05, 0.1) is 6.61 Å². The molecule has 102 valence electrons. The van der Waals surface area contributed by atoms with E-state index < -0.39 is 5.60 Å². The SMILES string of the molecule is CCOC1(C(=O)C2=CCCCO2)CCCCCC1. The zero-order valence-electron chi connectivity index (χ0n) is 11.4. The highest BCUT2D eigenvalue weighted by Gasteiger charge is 2.41. The van der Waals surface area contributed by atoms with Gasteiger partial charge in [-0.05, 0) is 38.7 Å². The number of ether oxygens (including phenoxy) is 2.